The molecule has 2 aromatic rings. The van der Waals surface area contributed by atoms with Crippen LogP contribution in [0.4, 0.5) is 0 Å². The molecule has 4 nitrogen and oxygen atoms in total. The van der Waals surface area contributed by atoms with Crippen molar-refractivity contribution >= 4 is 17.3 Å². The van der Waals surface area contributed by atoms with E-state index in [-0.39, 0.29) is 12.0 Å². The molecular weight excluding hydrogens is 236 g/mol. The van der Waals surface area contributed by atoms with Crippen LogP contribution in [0.5, 0.6) is 0 Å². The van der Waals surface area contributed by atoms with Gasteiger partial charge in [0.1, 0.15) is 5.82 Å². The van der Waals surface area contributed by atoms with E-state index in [2.05, 4.69) is 9.72 Å². The Morgan fingerprint density at radius 1 is 1.65 bits per heavy atom. The van der Waals surface area contributed by atoms with E-state index in [9.17, 15) is 4.79 Å². The van der Waals surface area contributed by atoms with Crippen LogP contribution in [0.3, 0.4) is 0 Å². The van der Waals surface area contributed by atoms with E-state index >= 15 is 0 Å². The zero-order valence-corrected chi connectivity index (χ0v) is 10.6. The summed E-state index contributed by atoms with van der Waals surface area (Å²) in [6.07, 6.45) is 4.00. The second-order valence-corrected chi connectivity index (χ2v) is 4.71. The third-order valence-corrected chi connectivity index (χ3v) is 3.44. The summed E-state index contributed by atoms with van der Waals surface area (Å²) in [6, 6.07) is 4.06. The summed E-state index contributed by atoms with van der Waals surface area (Å²) in [5.74, 6) is 0.694. The second kappa shape index (κ2) is 5.14. The first-order valence-electron chi connectivity index (χ1n) is 5.36. The van der Waals surface area contributed by atoms with Gasteiger partial charge < -0.3 is 9.30 Å². The summed E-state index contributed by atoms with van der Waals surface area (Å²) < 4.78 is 6.68. The Morgan fingerprint density at radius 2 is 2.47 bits per heavy atom. The molecule has 2 aromatic heterocycles. The SMILES string of the molecule is COC(=O)CC(C)n1ccnc1-c1cccs1. The molecular formula is C12H14N2O2S. The molecule has 0 aliphatic heterocycles. The van der Waals surface area contributed by atoms with Crippen molar-refractivity contribution in [3.05, 3.63) is 29.9 Å². The fourth-order valence-electron chi connectivity index (χ4n) is 1.69. The number of carbonyl (C=O) groups is 1. The van der Waals surface area contributed by atoms with E-state index in [0.717, 1.165) is 10.7 Å². The van der Waals surface area contributed by atoms with E-state index in [0.29, 0.717) is 6.42 Å². The van der Waals surface area contributed by atoms with Gasteiger partial charge in [-0.05, 0) is 18.4 Å². The van der Waals surface area contributed by atoms with Crippen molar-refractivity contribution in [3.63, 3.8) is 0 Å². The molecule has 0 N–H and O–H groups in total. The Bertz CT molecular complexity index is 490. The lowest BCUT2D eigenvalue weighted by atomic mass is 10.2. The molecule has 1 atom stereocenters. The van der Waals surface area contributed by atoms with Gasteiger partial charge in [0, 0.05) is 18.4 Å². The number of nitrogens with zero attached hydrogens (tertiary/aromatic N) is 2. The molecule has 0 amide bonds. The van der Waals surface area contributed by atoms with Crippen molar-refractivity contribution in [1.29, 1.82) is 0 Å². The number of hydrogen-bond acceptors (Lipinski definition) is 4. The normalized spacial score (nSPS) is 12.4. The molecule has 0 saturated carbocycles. The topological polar surface area (TPSA) is 44.1 Å². The van der Waals surface area contributed by atoms with Crippen molar-refractivity contribution < 1.29 is 9.53 Å². The largest absolute Gasteiger partial charge is 0.469 e. The van der Waals surface area contributed by atoms with Crippen LogP contribution >= 0.6 is 11.3 Å². The molecule has 5 heteroatoms. The highest BCUT2D eigenvalue weighted by atomic mass is 32.1. The number of methoxy groups -OCH3 is 1. The van der Waals surface area contributed by atoms with Crippen LogP contribution < -0.4 is 0 Å². The highest BCUT2D eigenvalue weighted by Gasteiger charge is 2.15. The molecule has 0 aliphatic rings. The molecule has 0 saturated heterocycles. The lowest BCUT2D eigenvalue weighted by Crippen LogP contribution is -2.12. The molecule has 2 heterocycles. The van der Waals surface area contributed by atoms with Gasteiger partial charge in [-0.3, -0.25) is 4.79 Å². The summed E-state index contributed by atoms with van der Waals surface area (Å²) in [5.41, 5.74) is 0. The van der Waals surface area contributed by atoms with Gasteiger partial charge in [-0.1, -0.05) is 6.07 Å². The van der Waals surface area contributed by atoms with Crippen LogP contribution in [0, 0.1) is 0 Å². The second-order valence-electron chi connectivity index (χ2n) is 3.76. The number of thiophene rings is 1. The average Bonchev–Trinajstić information content (AvgIpc) is 2.98. The highest BCUT2D eigenvalue weighted by molar-refractivity contribution is 7.13. The smallest absolute Gasteiger partial charge is 0.307 e. The fourth-order valence-corrected chi connectivity index (χ4v) is 2.41. The molecule has 17 heavy (non-hydrogen) atoms. The number of imidazole rings is 1. The first-order valence-corrected chi connectivity index (χ1v) is 6.24. The third-order valence-electron chi connectivity index (χ3n) is 2.57. The van der Waals surface area contributed by atoms with Gasteiger partial charge in [-0.15, -0.1) is 11.3 Å². The van der Waals surface area contributed by atoms with Gasteiger partial charge in [0.25, 0.3) is 0 Å². The average molecular weight is 250 g/mol. The first-order chi connectivity index (χ1) is 8.22. The van der Waals surface area contributed by atoms with Crippen molar-refractivity contribution in [2.45, 2.75) is 19.4 Å². The number of aromatic nitrogens is 2. The van der Waals surface area contributed by atoms with Crippen LogP contribution in [-0.2, 0) is 9.53 Å². The Balaban J connectivity index is 2.22. The molecule has 0 bridgehead atoms. The maximum absolute atomic E-state index is 11.3. The monoisotopic (exact) mass is 250 g/mol. The van der Waals surface area contributed by atoms with Gasteiger partial charge in [0.2, 0.25) is 0 Å². The molecule has 0 spiro atoms. The zero-order valence-electron chi connectivity index (χ0n) is 9.79. The predicted molar refractivity (Wildman–Crippen MR) is 66.9 cm³/mol. The quantitative estimate of drug-likeness (QED) is 0.784. The highest BCUT2D eigenvalue weighted by Crippen LogP contribution is 2.26. The van der Waals surface area contributed by atoms with Crippen molar-refractivity contribution in [1.82, 2.24) is 9.55 Å². The van der Waals surface area contributed by atoms with Crippen LogP contribution in [0.1, 0.15) is 19.4 Å². The lowest BCUT2D eigenvalue weighted by Gasteiger charge is -2.14. The van der Waals surface area contributed by atoms with Crippen LogP contribution in [0.2, 0.25) is 0 Å². The van der Waals surface area contributed by atoms with Crippen LogP contribution in [0.15, 0.2) is 29.9 Å². The maximum atomic E-state index is 11.3. The summed E-state index contributed by atoms with van der Waals surface area (Å²) >= 11 is 1.64. The lowest BCUT2D eigenvalue weighted by molar-refractivity contribution is -0.141. The zero-order chi connectivity index (χ0) is 12.3. The minimum absolute atomic E-state index is 0.0436. The number of esters is 1. The van der Waals surface area contributed by atoms with Crippen molar-refractivity contribution in [2.75, 3.05) is 7.11 Å². The number of carbonyl (C=O) groups excluding carboxylic acids is 1. The first kappa shape index (κ1) is 11.9. The summed E-state index contributed by atoms with van der Waals surface area (Å²) in [6.45, 7) is 1.98. The molecule has 2 rings (SSSR count). The molecule has 0 radical (unpaired) electrons. The van der Waals surface area contributed by atoms with E-state index in [1.54, 1.807) is 17.5 Å². The summed E-state index contributed by atoms with van der Waals surface area (Å²) in [5, 5.41) is 2.01. The van der Waals surface area contributed by atoms with E-state index < -0.39 is 0 Å². The molecule has 0 aromatic carbocycles. The van der Waals surface area contributed by atoms with Gasteiger partial charge in [-0.25, -0.2) is 4.98 Å². The Morgan fingerprint density at radius 3 is 3.12 bits per heavy atom. The van der Waals surface area contributed by atoms with Gasteiger partial charge in [0.05, 0.1) is 18.4 Å². The summed E-state index contributed by atoms with van der Waals surface area (Å²) in [4.78, 5) is 16.7. The molecule has 0 aliphatic carbocycles. The minimum atomic E-state index is -0.205. The number of rotatable bonds is 4. The van der Waals surface area contributed by atoms with Gasteiger partial charge >= 0.3 is 5.97 Å². The molecule has 0 fully saturated rings. The van der Waals surface area contributed by atoms with Crippen LogP contribution in [0.25, 0.3) is 10.7 Å². The summed E-state index contributed by atoms with van der Waals surface area (Å²) in [7, 11) is 1.41. The standard InChI is InChI=1S/C12H14N2O2S/c1-9(8-11(15)16-2)14-6-5-13-12(14)10-4-3-7-17-10/h3-7,9H,8H2,1-2H3. The third kappa shape index (κ3) is 2.55. The van der Waals surface area contributed by atoms with Crippen molar-refractivity contribution in [2.24, 2.45) is 0 Å². The molecule has 90 valence electrons. The number of hydrogen-bond donors (Lipinski definition) is 0. The Labute approximate surface area is 104 Å². The predicted octanol–water partition coefficient (Wildman–Crippen LogP) is 2.74. The maximum Gasteiger partial charge on any atom is 0.307 e. The number of ether oxygens (including phenoxy) is 1. The van der Waals surface area contributed by atoms with E-state index in [1.165, 1.54) is 7.11 Å². The Kier molecular flexibility index (Phi) is 3.58. The van der Waals surface area contributed by atoms with E-state index in [1.807, 2.05) is 35.2 Å². The van der Waals surface area contributed by atoms with Gasteiger partial charge in [0.15, 0.2) is 0 Å². The van der Waals surface area contributed by atoms with Crippen molar-refractivity contribution in [3.8, 4) is 10.7 Å². The van der Waals surface area contributed by atoms with Crippen LogP contribution in [-0.4, -0.2) is 22.6 Å². The fraction of sp³-hybridized carbons (Fsp3) is 0.333. The minimum Gasteiger partial charge on any atom is -0.469 e. The molecule has 1 unspecified atom stereocenters. The Hall–Kier alpha value is -1.62. The van der Waals surface area contributed by atoms with E-state index in [4.69, 9.17) is 0 Å². The van der Waals surface area contributed by atoms with Gasteiger partial charge in [-0.2, -0.15) is 0 Å².